The Morgan fingerprint density at radius 3 is 2.47 bits per heavy atom. The van der Waals surface area contributed by atoms with Crippen LogP contribution in [0.3, 0.4) is 0 Å². The number of aliphatic hydroxyl groups excluding tert-OH is 1. The highest BCUT2D eigenvalue weighted by molar-refractivity contribution is 5.81. The zero-order valence-electron chi connectivity index (χ0n) is 10.0. The molecule has 0 saturated heterocycles. The molecule has 0 fully saturated rings. The normalized spacial score (nSPS) is 32.6. The van der Waals surface area contributed by atoms with E-state index >= 15 is 0 Å². The monoisotopic (exact) mass is 211 g/mol. The summed E-state index contributed by atoms with van der Waals surface area (Å²) in [5.74, 6) is 0.0389. The molecule has 0 radical (unpaired) electrons. The molecule has 1 rings (SSSR count). The number of aliphatic hydroxyl groups is 1. The molecule has 1 heterocycles. The summed E-state index contributed by atoms with van der Waals surface area (Å²) >= 11 is 0. The molecular weight excluding hydrogens is 190 g/mol. The summed E-state index contributed by atoms with van der Waals surface area (Å²) in [5.41, 5.74) is 1.13. The molecule has 0 aromatic rings. The van der Waals surface area contributed by atoms with E-state index in [9.17, 15) is 9.90 Å². The van der Waals surface area contributed by atoms with Crippen molar-refractivity contribution in [3.8, 4) is 0 Å². The van der Waals surface area contributed by atoms with Gasteiger partial charge >= 0.3 is 0 Å². The van der Waals surface area contributed by atoms with Gasteiger partial charge in [-0.15, -0.1) is 0 Å². The van der Waals surface area contributed by atoms with Gasteiger partial charge in [-0.2, -0.15) is 0 Å². The van der Waals surface area contributed by atoms with Crippen molar-refractivity contribution in [2.75, 3.05) is 7.05 Å². The van der Waals surface area contributed by atoms with Crippen LogP contribution in [0.4, 0.5) is 0 Å². The fraction of sp³-hybridized carbons (Fsp3) is 0.750. The average molecular weight is 211 g/mol. The molecule has 0 aromatic carbocycles. The highest BCUT2D eigenvalue weighted by atomic mass is 16.3. The summed E-state index contributed by atoms with van der Waals surface area (Å²) in [6.07, 6.45) is 3.00. The van der Waals surface area contributed by atoms with Gasteiger partial charge < -0.3 is 10.0 Å². The minimum Gasteiger partial charge on any atom is -0.373 e. The lowest BCUT2D eigenvalue weighted by molar-refractivity contribution is -0.143. The summed E-state index contributed by atoms with van der Waals surface area (Å²) < 4.78 is 0. The molecule has 0 bridgehead atoms. The van der Waals surface area contributed by atoms with E-state index in [-0.39, 0.29) is 17.7 Å². The Kier molecular flexibility index (Phi) is 3.91. The Hall–Kier alpha value is -0.830. The van der Waals surface area contributed by atoms with Gasteiger partial charge in [-0.3, -0.25) is 4.79 Å². The van der Waals surface area contributed by atoms with Gasteiger partial charge in [-0.05, 0) is 19.8 Å². The molecule has 3 nitrogen and oxygen atoms in total. The lowest BCUT2D eigenvalue weighted by Crippen LogP contribution is -2.42. The molecule has 0 aromatic heterocycles. The average Bonchev–Trinajstić information content (AvgIpc) is 2.30. The Labute approximate surface area is 91.8 Å². The topological polar surface area (TPSA) is 40.5 Å². The Morgan fingerprint density at radius 1 is 1.40 bits per heavy atom. The molecular formula is C12H21NO2. The van der Waals surface area contributed by atoms with Crippen molar-refractivity contribution in [2.45, 2.75) is 39.8 Å². The molecule has 86 valence electrons. The quantitative estimate of drug-likeness (QED) is 0.707. The Bertz CT molecular complexity index is 273. The van der Waals surface area contributed by atoms with Gasteiger partial charge in [0, 0.05) is 13.0 Å². The molecule has 0 aliphatic carbocycles. The van der Waals surface area contributed by atoms with Crippen molar-refractivity contribution in [1.82, 2.24) is 4.90 Å². The number of carbonyl (C=O) groups excluding carboxylic acids is 1. The largest absolute Gasteiger partial charge is 0.373 e. The third-order valence-corrected chi connectivity index (χ3v) is 3.35. The van der Waals surface area contributed by atoms with Crippen molar-refractivity contribution < 1.29 is 9.90 Å². The fourth-order valence-corrected chi connectivity index (χ4v) is 2.23. The van der Waals surface area contributed by atoms with Gasteiger partial charge in [-0.1, -0.05) is 25.5 Å². The van der Waals surface area contributed by atoms with Crippen LogP contribution in [0.15, 0.2) is 11.6 Å². The third kappa shape index (κ3) is 2.23. The molecule has 1 amide bonds. The molecule has 3 atom stereocenters. The number of hydrogen-bond acceptors (Lipinski definition) is 2. The van der Waals surface area contributed by atoms with Crippen LogP contribution in [0.1, 0.15) is 33.6 Å². The van der Waals surface area contributed by atoms with Crippen LogP contribution < -0.4 is 0 Å². The fourth-order valence-electron chi connectivity index (χ4n) is 2.23. The van der Waals surface area contributed by atoms with Gasteiger partial charge in [0.15, 0.2) is 0 Å². The summed E-state index contributed by atoms with van der Waals surface area (Å²) in [4.78, 5) is 13.4. The maximum atomic E-state index is 11.9. The lowest BCUT2D eigenvalue weighted by Gasteiger charge is -2.28. The van der Waals surface area contributed by atoms with E-state index in [1.54, 1.807) is 7.05 Å². The van der Waals surface area contributed by atoms with Gasteiger partial charge in [-0.25, -0.2) is 0 Å². The SMILES string of the molecule is CCC1C=C(C)C(CC)C(O)N(C)C1=O. The predicted molar refractivity (Wildman–Crippen MR) is 60.1 cm³/mol. The smallest absolute Gasteiger partial charge is 0.231 e. The second kappa shape index (κ2) is 4.79. The highest BCUT2D eigenvalue weighted by Crippen LogP contribution is 2.28. The Morgan fingerprint density at radius 2 is 2.00 bits per heavy atom. The van der Waals surface area contributed by atoms with Crippen molar-refractivity contribution in [2.24, 2.45) is 11.8 Å². The van der Waals surface area contributed by atoms with E-state index in [0.29, 0.717) is 0 Å². The van der Waals surface area contributed by atoms with Gasteiger partial charge in [0.05, 0.1) is 5.92 Å². The summed E-state index contributed by atoms with van der Waals surface area (Å²) in [6, 6.07) is 0. The Balaban J connectivity index is 3.04. The van der Waals surface area contributed by atoms with E-state index in [0.717, 1.165) is 18.4 Å². The third-order valence-electron chi connectivity index (χ3n) is 3.35. The van der Waals surface area contributed by atoms with E-state index in [2.05, 4.69) is 0 Å². The summed E-state index contributed by atoms with van der Waals surface area (Å²) in [7, 11) is 1.69. The first-order valence-electron chi connectivity index (χ1n) is 5.65. The van der Waals surface area contributed by atoms with E-state index in [1.165, 1.54) is 4.90 Å². The highest BCUT2D eigenvalue weighted by Gasteiger charge is 2.32. The minimum atomic E-state index is -0.671. The lowest BCUT2D eigenvalue weighted by atomic mass is 9.94. The van der Waals surface area contributed by atoms with Crippen LogP contribution in [0.2, 0.25) is 0 Å². The first kappa shape index (κ1) is 12.2. The molecule has 3 heteroatoms. The summed E-state index contributed by atoms with van der Waals surface area (Å²) in [6.45, 7) is 6.04. The van der Waals surface area contributed by atoms with Crippen LogP contribution in [0.5, 0.6) is 0 Å². The zero-order valence-corrected chi connectivity index (χ0v) is 10.0. The molecule has 1 aliphatic rings. The van der Waals surface area contributed by atoms with Crippen molar-refractivity contribution in [3.05, 3.63) is 11.6 Å². The molecule has 1 aliphatic heterocycles. The maximum absolute atomic E-state index is 11.9. The molecule has 1 N–H and O–H groups in total. The first-order chi connectivity index (χ1) is 7.02. The number of carbonyl (C=O) groups is 1. The van der Waals surface area contributed by atoms with Crippen molar-refractivity contribution in [1.29, 1.82) is 0 Å². The molecule has 0 spiro atoms. The van der Waals surface area contributed by atoms with E-state index in [4.69, 9.17) is 0 Å². The van der Waals surface area contributed by atoms with Crippen LogP contribution >= 0.6 is 0 Å². The molecule has 0 saturated carbocycles. The standard InChI is InChI=1S/C12H21NO2/c1-5-9-7-8(3)10(6-2)12(15)13(4)11(9)14/h7,9-10,12,15H,5-6H2,1-4H3. The maximum Gasteiger partial charge on any atom is 0.231 e. The van der Waals surface area contributed by atoms with Crippen LogP contribution in [-0.2, 0) is 4.79 Å². The summed E-state index contributed by atoms with van der Waals surface area (Å²) in [5, 5.41) is 10.0. The van der Waals surface area contributed by atoms with Crippen LogP contribution in [0.25, 0.3) is 0 Å². The molecule has 3 unspecified atom stereocenters. The van der Waals surface area contributed by atoms with Crippen LogP contribution in [-0.4, -0.2) is 29.2 Å². The van der Waals surface area contributed by atoms with Gasteiger partial charge in [0.1, 0.15) is 6.23 Å². The number of hydrogen-bond donors (Lipinski definition) is 1. The van der Waals surface area contributed by atoms with E-state index in [1.807, 2.05) is 26.8 Å². The molecule has 15 heavy (non-hydrogen) atoms. The second-order valence-electron chi connectivity index (χ2n) is 4.30. The number of nitrogens with zero attached hydrogens (tertiary/aromatic N) is 1. The van der Waals surface area contributed by atoms with Crippen molar-refractivity contribution in [3.63, 3.8) is 0 Å². The van der Waals surface area contributed by atoms with Crippen LogP contribution in [0, 0.1) is 11.8 Å². The van der Waals surface area contributed by atoms with E-state index < -0.39 is 6.23 Å². The number of rotatable bonds is 2. The van der Waals surface area contributed by atoms with Gasteiger partial charge in [0.2, 0.25) is 5.91 Å². The zero-order chi connectivity index (χ0) is 11.6. The van der Waals surface area contributed by atoms with Gasteiger partial charge in [0.25, 0.3) is 0 Å². The second-order valence-corrected chi connectivity index (χ2v) is 4.30. The minimum absolute atomic E-state index is 0.0281. The first-order valence-corrected chi connectivity index (χ1v) is 5.65. The number of amides is 1. The van der Waals surface area contributed by atoms with Crippen molar-refractivity contribution >= 4 is 5.91 Å². The predicted octanol–water partition coefficient (Wildman–Crippen LogP) is 1.78.